The molecular weight excluding hydrogens is 749 g/mol. The SMILES string of the molecule is c1ccc(-c2cc(-c3ccccc3)cc(-c3ccc(N(c4ccccc4)c4ccc(-c5ccc(-c6ccccc6-n6c7ccccc7c7ccccc76)cc5)cc4)cc3)c2)cc1. The Morgan fingerprint density at radius 1 is 0.242 bits per heavy atom. The van der Waals surface area contributed by atoms with Crippen LogP contribution in [0.4, 0.5) is 17.1 Å². The van der Waals surface area contributed by atoms with Crippen molar-refractivity contribution in [1.29, 1.82) is 0 Å². The fourth-order valence-corrected chi connectivity index (χ4v) is 8.96. The molecule has 1 aromatic heterocycles. The highest BCUT2D eigenvalue weighted by molar-refractivity contribution is 6.09. The van der Waals surface area contributed by atoms with E-state index in [1.54, 1.807) is 0 Å². The third kappa shape index (κ3) is 6.94. The van der Waals surface area contributed by atoms with Gasteiger partial charge in [-0.2, -0.15) is 0 Å². The standard InChI is InChI=1S/C60H42N2/c1-4-16-43(17-5-1)49-40-50(44-18-6-2-7-19-44)42-51(41-49)47-34-38-54(39-35-47)61(52-20-8-3-9-21-52)53-36-32-46(33-37-53)45-28-30-48(31-29-45)55-22-10-13-25-58(55)62-59-26-14-11-23-56(59)57-24-12-15-27-60(57)62/h1-42H. The molecule has 0 radical (unpaired) electrons. The van der Waals surface area contributed by atoms with E-state index in [1.165, 1.54) is 83.1 Å². The average molecular weight is 791 g/mol. The predicted molar refractivity (Wildman–Crippen MR) is 263 cm³/mol. The average Bonchev–Trinajstić information content (AvgIpc) is 3.69. The summed E-state index contributed by atoms with van der Waals surface area (Å²) in [5.41, 5.74) is 18.8. The number of aromatic nitrogens is 1. The lowest BCUT2D eigenvalue weighted by molar-refractivity contribution is 1.18. The van der Waals surface area contributed by atoms with Crippen LogP contribution in [0.2, 0.25) is 0 Å². The Labute approximate surface area is 362 Å². The van der Waals surface area contributed by atoms with Gasteiger partial charge in [0, 0.05) is 33.4 Å². The molecule has 0 saturated heterocycles. The molecule has 0 amide bonds. The van der Waals surface area contributed by atoms with E-state index in [-0.39, 0.29) is 0 Å². The van der Waals surface area contributed by atoms with Crippen LogP contribution in [0.1, 0.15) is 0 Å². The van der Waals surface area contributed by atoms with Crippen LogP contribution in [0.3, 0.4) is 0 Å². The Morgan fingerprint density at radius 2 is 0.581 bits per heavy atom. The smallest absolute Gasteiger partial charge is 0.0541 e. The van der Waals surface area contributed by atoms with Crippen LogP contribution in [-0.4, -0.2) is 4.57 Å². The van der Waals surface area contributed by atoms with Gasteiger partial charge in [0.05, 0.1) is 16.7 Å². The molecule has 11 aromatic rings. The normalized spacial score (nSPS) is 11.2. The van der Waals surface area contributed by atoms with Crippen molar-refractivity contribution in [3.63, 3.8) is 0 Å². The van der Waals surface area contributed by atoms with Crippen LogP contribution in [0.15, 0.2) is 255 Å². The number of para-hydroxylation sites is 4. The summed E-state index contributed by atoms with van der Waals surface area (Å²) in [6.07, 6.45) is 0. The van der Waals surface area contributed by atoms with Crippen molar-refractivity contribution < 1.29 is 0 Å². The minimum absolute atomic E-state index is 1.10. The Balaban J connectivity index is 0.903. The third-order valence-corrected chi connectivity index (χ3v) is 12.0. The molecule has 0 bridgehead atoms. The van der Waals surface area contributed by atoms with Crippen LogP contribution in [0, 0.1) is 0 Å². The number of nitrogens with zero attached hydrogens (tertiary/aromatic N) is 2. The zero-order valence-corrected chi connectivity index (χ0v) is 34.1. The molecule has 1 heterocycles. The van der Waals surface area contributed by atoms with Gasteiger partial charge in [-0.25, -0.2) is 0 Å². The van der Waals surface area contributed by atoms with Gasteiger partial charge >= 0.3 is 0 Å². The molecule has 292 valence electrons. The first kappa shape index (κ1) is 36.8. The zero-order chi connectivity index (χ0) is 41.2. The van der Waals surface area contributed by atoms with Crippen LogP contribution in [0.25, 0.3) is 83.1 Å². The highest BCUT2D eigenvalue weighted by atomic mass is 15.1. The molecule has 0 unspecified atom stereocenters. The summed E-state index contributed by atoms with van der Waals surface area (Å²) in [5.74, 6) is 0. The van der Waals surface area contributed by atoms with Crippen molar-refractivity contribution in [3.8, 4) is 61.3 Å². The van der Waals surface area contributed by atoms with E-state index < -0.39 is 0 Å². The first-order valence-corrected chi connectivity index (χ1v) is 21.3. The molecule has 0 spiro atoms. The van der Waals surface area contributed by atoms with Crippen molar-refractivity contribution in [3.05, 3.63) is 255 Å². The second kappa shape index (κ2) is 16.1. The van der Waals surface area contributed by atoms with Gasteiger partial charge in [-0.3, -0.25) is 0 Å². The maximum atomic E-state index is 2.41. The molecule has 0 aliphatic heterocycles. The fraction of sp³-hybridized carbons (Fsp3) is 0. The molecular formula is C60H42N2. The zero-order valence-electron chi connectivity index (χ0n) is 34.1. The van der Waals surface area contributed by atoms with E-state index in [0.29, 0.717) is 0 Å². The van der Waals surface area contributed by atoms with E-state index in [9.17, 15) is 0 Å². The lowest BCUT2D eigenvalue weighted by Gasteiger charge is -2.26. The van der Waals surface area contributed by atoms with Gasteiger partial charge in [0.25, 0.3) is 0 Å². The van der Waals surface area contributed by atoms with Crippen LogP contribution >= 0.6 is 0 Å². The molecule has 11 rings (SSSR count). The second-order valence-electron chi connectivity index (χ2n) is 15.8. The fourth-order valence-electron chi connectivity index (χ4n) is 8.96. The van der Waals surface area contributed by atoms with E-state index in [4.69, 9.17) is 0 Å². The highest BCUT2D eigenvalue weighted by Crippen LogP contribution is 2.40. The minimum Gasteiger partial charge on any atom is -0.311 e. The molecule has 0 saturated carbocycles. The molecule has 62 heavy (non-hydrogen) atoms. The predicted octanol–water partition coefficient (Wildman–Crippen LogP) is 16.6. The quantitative estimate of drug-likeness (QED) is 0.141. The lowest BCUT2D eigenvalue weighted by atomic mass is 9.93. The van der Waals surface area contributed by atoms with Crippen LogP contribution in [0.5, 0.6) is 0 Å². The van der Waals surface area contributed by atoms with E-state index in [1.807, 2.05) is 0 Å². The lowest BCUT2D eigenvalue weighted by Crippen LogP contribution is -2.09. The summed E-state index contributed by atoms with van der Waals surface area (Å²) in [7, 11) is 0. The number of hydrogen-bond acceptors (Lipinski definition) is 1. The van der Waals surface area contributed by atoms with Gasteiger partial charge in [0.2, 0.25) is 0 Å². The number of fused-ring (bicyclic) bond motifs is 3. The van der Waals surface area contributed by atoms with Gasteiger partial charge in [0.15, 0.2) is 0 Å². The van der Waals surface area contributed by atoms with E-state index in [0.717, 1.165) is 17.1 Å². The molecule has 0 N–H and O–H groups in total. The largest absolute Gasteiger partial charge is 0.311 e. The van der Waals surface area contributed by atoms with Crippen molar-refractivity contribution in [2.75, 3.05) is 4.90 Å². The van der Waals surface area contributed by atoms with Gasteiger partial charge in [-0.05, 0) is 123 Å². The summed E-state index contributed by atoms with van der Waals surface area (Å²) in [5, 5.41) is 2.53. The summed E-state index contributed by atoms with van der Waals surface area (Å²) in [6.45, 7) is 0. The number of hydrogen-bond donors (Lipinski definition) is 0. The highest BCUT2D eigenvalue weighted by Gasteiger charge is 2.17. The van der Waals surface area contributed by atoms with Crippen molar-refractivity contribution in [2.45, 2.75) is 0 Å². The second-order valence-corrected chi connectivity index (χ2v) is 15.8. The molecule has 0 atom stereocenters. The summed E-state index contributed by atoms with van der Waals surface area (Å²) < 4.78 is 2.41. The molecule has 10 aromatic carbocycles. The monoisotopic (exact) mass is 790 g/mol. The summed E-state index contributed by atoms with van der Waals surface area (Å²) >= 11 is 0. The van der Waals surface area contributed by atoms with Gasteiger partial charge in [-0.1, -0.05) is 182 Å². The van der Waals surface area contributed by atoms with Crippen molar-refractivity contribution in [1.82, 2.24) is 4.57 Å². The van der Waals surface area contributed by atoms with Crippen molar-refractivity contribution >= 4 is 38.9 Å². The van der Waals surface area contributed by atoms with E-state index in [2.05, 4.69) is 264 Å². The number of benzene rings is 10. The topological polar surface area (TPSA) is 8.17 Å². The maximum Gasteiger partial charge on any atom is 0.0541 e. The third-order valence-electron chi connectivity index (χ3n) is 12.0. The number of anilines is 3. The molecule has 0 aliphatic carbocycles. The first-order chi connectivity index (χ1) is 30.7. The maximum absolute atomic E-state index is 2.41. The molecule has 0 aliphatic rings. The minimum atomic E-state index is 1.10. The summed E-state index contributed by atoms with van der Waals surface area (Å²) in [6, 6.07) is 91.9. The van der Waals surface area contributed by atoms with Crippen LogP contribution < -0.4 is 4.90 Å². The van der Waals surface area contributed by atoms with Gasteiger partial charge in [0.1, 0.15) is 0 Å². The molecule has 2 heteroatoms. The number of rotatable bonds is 9. The molecule has 0 fully saturated rings. The van der Waals surface area contributed by atoms with E-state index >= 15 is 0 Å². The Bertz CT molecular complexity index is 3180. The first-order valence-electron chi connectivity index (χ1n) is 21.3. The Morgan fingerprint density at radius 3 is 1.08 bits per heavy atom. The Kier molecular flexibility index (Phi) is 9.57. The Hall–Kier alpha value is -8.20. The van der Waals surface area contributed by atoms with Gasteiger partial charge < -0.3 is 9.47 Å². The van der Waals surface area contributed by atoms with Crippen LogP contribution in [-0.2, 0) is 0 Å². The van der Waals surface area contributed by atoms with Crippen molar-refractivity contribution in [2.24, 2.45) is 0 Å². The summed E-state index contributed by atoms with van der Waals surface area (Å²) in [4.78, 5) is 2.33. The van der Waals surface area contributed by atoms with Gasteiger partial charge in [-0.15, -0.1) is 0 Å². The molecule has 2 nitrogen and oxygen atoms in total.